The van der Waals surface area contributed by atoms with Gasteiger partial charge in [0.05, 0.1) is 10.5 Å². The number of Topliss-reactive ketones (excluding diaryl/α,β-unsaturated/α-hetero) is 1. The van der Waals surface area contributed by atoms with Crippen LogP contribution in [-0.2, 0) is 14.8 Å². The molecule has 0 aromatic heterocycles. The molecule has 0 spiro atoms. The number of halogens is 1. The molecule has 0 bridgehead atoms. The molecule has 0 aliphatic carbocycles. The molecule has 154 valence electrons. The lowest BCUT2D eigenvalue weighted by molar-refractivity contribution is 0.0474. The van der Waals surface area contributed by atoms with Crippen LogP contribution in [0.25, 0.3) is 0 Å². The number of piperidine rings is 1. The number of hydrogen-bond acceptors (Lipinski definition) is 5. The van der Waals surface area contributed by atoms with Gasteiger partial charge < -0.3 is 4.74 Å². The van der Waals surface area contributed by atoms with Crippen molar-refractivity contribution in [2.75, 3.05) is 19.7 Å². The molecule has 0 N–H and O–H groups in total. The average Bonchev–Trinajstić information content (AvgIpc) is 2.72. The molecular formula is C21H22FNO5S. The molecule has 0 radical (unpaired) electrons. The molecule has 0 amide bonds. The van der Waals surface area contributed by atoms with E-state index in [0.29, 0.717) is 13.1 Å². The highest BCUT2D eigenvalue weighted by Crippen LogP contribution is 2.24. The summed E-state index contributed by atoms with van der Waals surface area (Å²) in [7, 11) is -3.71. The third kappa shape index (κ3) is 5.07. The molecule has 29 heavy (non-hydrogen) atoms. The molecule has 0 unspecified atom stereocenters. The lowest BCUT2D eigenvalue weighted by Gasteiger charge is -2.30. The average molecular weight is 419 g/mol. The molecule has 1 aliphatic heterocycles. The van der Waals surface area contributed by atoms with Crippen molar-refractivity contribution in [1.29, 1.82) is 0 Å². The quantitative estimate of drug-likeness (QED) is 0.530. The third-order valence-corrected chi connectivity index (χ3v) is 6.69. The summed E-state index contributed by atoms with van der Waals surface area (Å²) < 4.78 is 45.1. The molecule has 3 rings (SSSR count). The van der Waals surface area contributed by atoms with Crippen molar-refractivity contribution in [3.63, 3.8) is 0 Å². The smallest absolute Gasteiger partial charge is 0.338 e. The van der Waals surface area contributed by atoms with Gasteiger partial charge >= 0.3 is 5.97 Å². The van der Waals surface area contributed by atoms with E-state index >= 15 is 0 Å². The van der Waals surface area contributed by atoms with Gasteiger partial charge in [-0.1, -0.05) is 13.0 Å². The Balaban J connectivity index is 1.69. The van der Waals surface area contributed by atoms with Gasteiger partial charge in [0.25, 0.3) is 0 Å². The number of esters is 1. The van der Waals surface area contributed by atoms with Gasteiger partial charge in [-0.15, -0.1) is 0 Å². The van der Waals surface area contributed by atoms with Crippen LogP contribution in [0.1, 0.15) is 40.5 Å². The van der Waals surface area contributed by atoms with Crippen LogP contribution >= 0.6 is 0 Å². The molecule has 2 aromatic carbocycles. The van der Waals surface area contributed by atoms with Gasteiger partial charge in [-0.25, -0.2) is 17.6 Å². The van der Waals surface area contributed by atoms with Crippen LogP contribution in [-0.4, -0.2) is 44.2 Å². The monoisotopic (exact) mass is 419 g/mol. The Morgan fingerprint density at radius 3 is 2.55 bits per heavy atom. The maximum atomic E-state index is 12.9. The normalized spacial score (nSPS) is 17.7. The van der Waals surface area contributed by atoms with Gasteiger partial charge in [0.2, 0.25) is 10.0 Å². The Labute approximate surface area is 169 Å². The van der Waals surface area contributed by atoms with Crippen molar-refractivity contribution in [3.05, 3.63) is 65.5 Å². The van der Waals surface area contributed by atoms with Crippen LogP contribution in [0.5, 0.6) is 0 Å². The molecule has 1 heterocycles. The standard InChI is InChI=1S/C21H22FNO5S/c1-15-4-3-11-23(13-15)29(26,27)19-6-2-5-17(12-19)21(25)28-14-20(24)16-7-9-18(22)10-8-16/h2,5-10,12,15H,3-4,11,13-14H2,1H3/t15-/m1/s1. The van der Waals surface area contributed by atoms with Gasteiger partial charge in [0.15, 0.2) is 12.4 Å². The summed E-state index contributed by atoms with van der Waals surface area (Å²) in [6.45, 7) is 2.38. The van der Waals surface area contributed by atoms with E-state index in [4.69, 9.17) is 4.74 Å². The highest BCUT2D eigenvalue weighted by molar-refractivity contribution is 7.89. The maximum absolute atomic E-state index is 12.9. The van der Waals surface area contributed by atoms with Crippen molar-refractivity contribution < 1.29 is 27.1 Å². The lowest BCUT2D eigenvalue weighted by atomic mass is 10.0. The summed E-state index contributed by atoms with van der Waals surface area (Å²) in [6, 6.07) is 10.5. The number of benzene rings is 2. The van der Waals surface area contributed by atoms with E-state index in [-0.39, 0.29) is 21.9 Å². The Kier molecular flexibility index (Phi) is 6.44. The molecule has 1 aliphatic rings. The summed E-state index contributed by atoms with van der Waals surface area (Å²) in [5.74, 6) is -1.47. The Morgan fingerprint density at radius 2 is 1.86 bits per heavy atom. The van der Waals surface area contributed by atoms with Crippen molar-refractivity contribution >= 4 is 21.8 Å². The zero-order valence-electron chi connectivity index (χ0n) is 16.0. The zero-order chi connectivity index (χ0) is 21.0. The fraction of sp³-hybridized carbons (Fsp3) is 0.333. The van der Waals surface area contributed by atoms with Crippen molar-refractivity contribution in [2.45, 2.75) is 24.7 Å². The number of hydrogen-bond donors (Lipinski definition) is 0. The first-order valence-corrected chi connectivity index (χ1v) is 10.8. The van der Waals surface area contributed by atoms with Gasteiger partial charge in [-0.2, -0.15) is 4.31 Å². The molecule has 0 saturated carbocycles. The SMILES string of the molecule is C[C@@H]1CCCN(S(=O)(=O)c2cccc(C(=O)OCC(=O)c3ccc(F)cc3)c2)C1. The van der Waals surface area contributed by atoms with Gasteiger partial charge in [0.1, 0.15) is 5.82 Å². The fourth-order valence-electron chi connectivity index (χ4n) is 3.23. The number of sulfonamides is 1. The van der Waals surface area contributed by atoms with Crippen molar-refractivity contribution in [1.82, 2.24) is 4.31 Å². The predicted molar refractivity (Wildman–Crippen MR) is 105 cm³/mol. The molecule has 2 aromatic rings. The van der Waals surface area contributed by atoms with Crippen LogP contribution in [0.2, 0.25) is 0 Å². The van der Waals surface area contributed by atoms with E-state index in [1.165, 1.54) is 40.7 Å². The van der Waals surface area contributed by atoms with E-state index in [0.717, 1.165) is 25.0 Å². The summed E-state index contributed by atoms with van der Waals surface area (Å²) in [6.07, 6.45) is 1.79. The number of nitrogens with zero attached hydrogens (tertiary/aromatic N) is 1. The van der Waals surface area contributed by atoms with Crippen molar-refractivity contribution in [3.8, 4) is 0 Å². The van der Waals surface area contributed by atoms with E-state index in [2.05, 4.69) is 0 Å². The zero-order valence-corrected chi connectivity index (χ0v) is 16.8. The topological polar surface area (TPSA) is 80.8 Å². The maximum Gasteiger partial charge on any atom is 0.338 e. The summed E-state index contributed by atoms with van der Waals surface area (Å²) in [5.41, 5.74) is 0.262. The summed E-state index contributed by atoms with van der Waals surface area (Å²) in [5, 5.41) is 0. The van der Waals surface area contributed by atoms with Gasteiger partial charge in [0, 0.05) is 18.7 Å². The number of carbonyl (C=O) groups is 2. The van der Waals surface area contributed by atoms with Gasteiger partial charge in [-0.3, -0.25) is 4.79 Å². The van der Waals surface area contributed by atoms with E-state index in [1.807, 2.05) is 6.92 Å². The summed E-state index contributed by atoms with van der Waals surface area (Å²) in [4.78, 5) is 24.4. The van der Waals surface area contributed by atoms with Crippen LogP contribution in [0.3, 0.4) is 0 Å². The minimum Gasteiger partial charge on any atom is -0.454 e. The Bertz CT molecular complexity index is 1000. The predicted octanol–water partition coefficient (Wildman–Crippen LogP) is 3.29. The second-order valence-electron chi connectivity index (χ2n) is 7.14. The van der Waals surface area contributed by atoms with Crippen molar-refractivity contribution in [2.24, 2.45) is 5.92 Å². The molecule has 1 fully saturated rings. The van der Waals surface area contributed by atoms with Crippen LogP contribution in [0.4, 0.5) is 4.39 Å². The minimum atomic E-state index is -3.71. The van der Waals surface area contributed by atoms with Gasteiger partial charge in [-0.05, 0) is 61.2 Å². The second-order valence-corrected chi connectivity index (χ2v) is 9.08. The first-order valence-electron chi connectivity index (χ1n) is 9.33. The largest absolute Gasteiger partial charge is 0.454 e. The Morgan fingerprint density at radius 1 is 1.14 bits per heavy atom. The molecule has 1 atom stereocenters. The number of rotatable bonds is 6. The molecule has 1 saturated heterocycles. The highest BCUT2D eigenvalue weighted by atomic mass is 32.2. The van der Waals surface area contributed by atoms with E-state index < -0.39 is 34.2 Å². The van der Waals surface area contributed by atoms with Crippen LogP contribution in [0, 0.1) is 11.7 Å². The van der Waals surface area contributed by atoms with E-state index in [1.54, 1.807) is 0 Å². The third-order valence-electron chi connectivity index (χ3n) is 4.83. The Hall–Kier alpha value is -2.58. The van der Waals surface area contributed by atoms with E-state index in [9.17, 15) is 22.4 Å². The summed E-state index contributed by atoms with van der Waals surface area (Å²) >= 11 is 0. The highest BCUT2D eigenvalue weighted by Gasteiger charge is 2.29. The minimum absolute atomic E-state index is 0.0194. The number of carbonyl (C=O) groups excluding carboxylic acids is 2. The number of ketones is 1. The van der Waals surface area contributed by atoms with Crippen LogP contribution < -0.4 is 0 Å². The fourth-order valence-corrected chi connectivity index (χ4v) is 4.88. The lowest BCUT2D eigenvalue weighted by Crippen LogP contribution is -2.39. The second kappa shape index (κ2) is 8.84. The molecule has 8 heteroatoms. The van der Waals surface area contributed by atoms with Crippen LogP contribution in [0.15, 0.2) is 53.4 Å². The first-order chi connectivity index (χ1) is 13.8. The molecular weight excluding hydrogens is 397 g/mol. The first kappa shape index (κ1) is 21.1. The number of ether oxygens (including phenoxy) is 1. The molecule has 6 nitrogen and oxygen atoms in total.